The number of hydrogen-bond donors (Lipinski definition) is 0. The monoisotopic (exact) mass is 203 g/mol. The van der Waals surface area contributed by atoms with Crippen molar-refractivity contribution >= 4 is 5.78 Å². The zero-order valence-electron chi connectivity index (χ0n) is 8.46. The number of likely N-dealkylation sites (N-methyl/N-ethyl adjacent to an activating group) is 1. The van der Waals surface area contributed by atoms with E-state index in [0.29, 0.717) is 6.54 Å². The van der Waals surface area contributed by atoms with E-state index < -0.39 is 5.92 Å². The fourth-order valence-electron chi connectivity index (χ4n) is 1.48. The van der Waals surface area contributed by atoms with Crippen LogP contribution in [0.1, 0.15) is 19.8 Å². The number of carbonyl (C=O) groups excluding carboxylic acids is 1. The molecule has 0 aromatic heterocycles. The largest absolute Gasteiger partial charge is 0.299 e. The lowest BCUT2D eigenvalue weighted by Crippen LogP contribution is -2.49. The summed E-state index contributed by atoms with van der Waals surface area (Å²) >= 11 is 0. The molecule has 0 saturated heterocycles. The summed E-state index contributed by atoms with van der Waals surface area (Å²) in [5, 5.41) is 0. The van der Waals surface area contributed by atoms with Gasteiger partial charge in [-0.2, -0.15) is 0 Å². The Morgan fingerprint density at radius 1 is 1.57 bits per heavy atom. The maximum absolute atomic E-state index is 12.5. The van der Waals surface area contributed by atoms with Gasteiger partial charge in [-0.15, -0.1) is 0 Å². The quantitative estimate of drug-likeness (QED) is 0.650. The van der Waals surface area contributed by atoms with Crippen LogP contribution in [0.2, 0.25) is 0 Å². The number of halogens is 2. The number of ketones is 1. The van der Waals surface area contributed by atoms with Crippen LogP contribution >= 0.6 is 0 Å². The Morgan fingerprint density at radius 3 is 2.57 bits per heavy atom. The molecule has 0 N–H and O–H groups in total. The van der Waals surface area contributed by atoms with E-state index in [1.807, 2.05) is 4.90 Å². The molecule has 0 spiro atoms. The van der Waals surface area contributed by atoms with Crippen LogP contribution in [-0.2, 0) is 4.79 Å². The van der Waals surface area contributed by atoms with Gasteiger partial charge in [-0.1, -0.05) is 6.08 Å². The standard InChI is InChI=1S/C10H15F2NO/c1-8(14)4-3-5-13(2)9-6-10(11,12)7-9/h3-4,9H,5-7H2,1-2H3/b4-3+. The lowest BCUT2D eigenvalue weighted by Gasteiger charge is -2.40. The Labute approximate surface area is 82.6 Å². The van der Waals surface area contributed by atoms with Crippen LogP contribution in [0.4, 0.5) is 8.78 Å². The highest BCUT2D eigenvalue weighted by Gasteiger charge is 2.46. The highest BCUT2D eigenvalue weighted by atomic mass is 19.3. The van der Waals surface area contributed by atoms with Gasteiger partial charge in [0, 0.05) is 25.4 Å². The predicted octanol–water partition coefficient (Wildman–Crippen LogP) is 1.86. The number of carbonyl (C=O) groups is 1. The van der Waals surface area contributed by atoms with Gasteiger partial charge in [-0.3, -0.25) is 9.69 Å². The number of alkyl halides is 2. The van der Waals surface area contributed by atoms with Crippen molar-refractivity contribution in [3.63, 3.8) is 0 Å². The van der Waals surface area contributed by atoms with Crippen LogP contribution in [0.15, 0.2) is 12.2 Å². The molecule has 1 aliphatic carbocycles. The Kier molecular flexibility index (Phi) is 3.37. The molecule has 1 aliphatic rings. The summed E-state index contributed by atoms with van der Waals surface area (Å²) in [5.41, 5.74) is 0. The summed E-state index contributed by atoms with van der Waals surface area (Å²) < 4.78 is 25.0. The average molecular weight is 203 g/mol. The second kappa shape index (κ2) is 4.17. The first kappa shape index (κ1) is 11.3. The van der Waals surface area contributed by atoms with Crippen molar-refractivity contribution in [1.82, 2.24) is 4.90 Å². The fourth-order valence-corrected chi connectivity index (χ4v) is 1.48. The van der Waals surface area contributed by atoms with Crippen molar-refractivity contribution in [1.29, 1.82) is 0 Å². The second-order valence-corrected chi connectivity index (χ2v) is 3.87. The molecule has 0 heterocycles. The smallest absolute Gasteiger partial charge is 0.251 e. The number of allylic oxidation sites excluding steroid dienone is 1. The van der Waals surface area contributed by atoms with Crippen molar-refractivity contribution in [2.75, 3.05) is 13.6 Å². The molecule has 0 unspecified atom stereocenters. The lowest BCUT2D eigenvalue weighted by atomic mass is 9.87. The number of nitrogens with zero attached hydrogens (tertiary/aromatic N) is 1. The van der Waals surface area contributed by atoms with Crippen LogP contribution in [0.3, 0.4) is 0 Å². The van der Waals surface area contributed by atoms with Gasteiger partial charge in [-0.05, 0) is 20.0 Å². The maximum atomic E-state index is 12.5. The molecule has 1 fully saturated rings. The molecule has 0 bridgehead atoms. The van der Waals surface area contributed by atoms with E-state index in [1.54, 1.807) is 13.1 Å². The Hall–Kier alpha value is -0.770. The summed E-state index contributed by atoms with van der Waals surface area (Å²) in [4.78, 5) is 12.4. The molecule has 0 radical (unpaired) electrons. The van der Waals surface area contributed by atoms with Gasteiger partial charge in [0.25, 0.3) is 5.92 Å². The third-order valence-corrected chi connectivity index (χ3v) is 2.44. The Bertz CT molecular complexity index is 243. The summed E-state index contributed by atoms with van der Waals surface area (Å²) in [6.07, 6.45) is 3.06. The molecule has 0 aromatic carbocycles. The molecule has 0 atom stereocenters. The molecule has 80 valence electrons. The lowest BCUT2D eigenvalue weighted by molar-refractivity contribution is -0.118. The molecule has 2 nitrogen and oxygen atoms in total. The normalized spacial score (nSPS) is 21.5. The summed E-state index contributed by atoms with van der Waals surface area (Å²) in [5.74, 6) is -2.49. The van der Waals surface area contributed by atoms with E-state index in [9.17, 15) is 13.6 Å². The van der Waals surface area contributed by atoms with E-state index in [2.05, 4.69) is 0 Å². The first-order valence-corrected chi connectivity index (χ1v) is 4.66. The predicted molar refractivity (Wildman–Crippen MR) is 50.4 cm³/mol. The number of hydrogen-bond acceptors (Lipinski definition) is 2. The van der Waals surface area contributed by atoms with Gasteiger partial charge in [0.1, 0.15) is 0 Å². The topological polar surface area (TPSA) is 20.3 Å². The third kappa shape index (κ3) is 3.18. The molecule has 1 saturated carbocycles. The van der Waals surface area contributed by atoms with E-state index in [0.717, 1.165) is 0 Å². The van der Waals surface area contributed by atoms with Gasteiger partial charge >= 0.3 is 0 Å². The zero-order chi connectivity index (χ0) is 10.8. The second-order valence-electron chi connectivity index (χ2n) is 3.87. The highest BCUT2D eigenvalue weighted by molar-refractivity contribution is 5.87. The van der Waals surface area contributed by atoms with Crippen LogP contribution in [0.25, 0.3) is 0 Å². The fraction of sp³-hybridized carbons (Fsp3) is 0.700. The molecular formula is C10H15F2NO. The third-order valence-electron chi connectivity index (χ3n) is 2.44. The van der Waals surface area contributed by atoms with Crippen molar-refractivity contribution in [2.45, 2.75) is 31.7 Å². The molecule has 14 heavy (non-hydrogen) atoms. The van der Waals surface area contributed by atoms with Crippen LogP contribution < -0.4 is 0 Å². The molecular weight excluding hydrogens is 188 g/mol. The van der Waals surface area contributed by atoms with Crippen LogP contribution in [-0.4, -0.2) is 36.2 Å². The summed E-state index contributed by atoms with van der Waals surface area (Å²) in [6, 6.07) is -0.0402. The van der Waals surface area contributed by atoms with Crippen LogP contribution in [0, 0.1) is 0 Å². The molecule has 4 heteroatoms. The van der Waals surface area contributed by atoms with Gasteiger partial charge in [-0.25, -0.2) is 8.78 Å². The van der Waals surface area contributed by atoms with Gasteiger partial charge < -0.3 is 0 Å². The summed E-state index contributed by atoms with van der Waals surface area (Å²) in [6.45, 7) is 2.02. The van der Waals surface area contributed by atoms with Crippen LogP contribution in [0.5, 0.6) is 0 Å². The van der Waals surface area contributed by atoms with Gasteiger partial charge in [0.05, 0.1) is 0 Å². The molecule has 1 rings (SSSR count). The van der Waals surface area contributed by atoms with Crippen molar-refractivity contribution in [3.8, 4) is 0 Å². The number of rotatable bonds is 4. The zero-order valence-corrected chi connectivity index (χ0v) is 8.46. The first-order valence-electron chi connectivity index (χ1n) is 4.66. The molecule has 0 aliphatic heterocycles. The maximum Gasteiger partial charge on any atom is 0.251 e. The highest BCUT2D eigenvalue weighted by Crippen LogP contribution is 2.39. The van der Waals surface area contributed by atoms with E-state index in [-0.39, 0.29) is 24.7 Å². The van der Waals surface area contributed by atoms with Crippen molar-refractivity contribution in [3.05, 3.63) is 12.2 Å². The Balaban J connectivity index is 2.24. The van der Waals surface area contributed by atoms with E-state index in [1.165, 1.54) is 13.0 Å². The van der Waals surface area contributed by atoms with Gasteiger partial charge in [0.2, 0.25) is 0 Å². The minimum Gasteiger partial charge on any atom is -0.299 e. The minimum atomic E-state index is -2.47. The summed E-state index contributed by atoms with van der Waals surface area (Å²) in [7, 11) is 1.80. The van der Waals surface area contributed by atoms with E-state index >= 15 is 0 Å². The molecule has 0 aromatic rings. The van der Waals surface area contributed by atoms with E-state index in [4.69, 9.17) is 0 Å². The minimum absolute atomic E-state index is 0.0164. The van der Waals surface area contributed by atoms with Crippen molar-refractivity contribution < 1.29 is 13.6 Å². The SMILES string of the molecule is CC(=O)/C=C/CN(C)C1CC(F)(F)C1. The van der Waals surface area contributed by atoms with Crippen molar-refractivity contribution in [2.24, 2.45) is 0 Å². The molecule has 0 amide bonds. The van der Waals surface area contributed by atoms with Gasteiger partial charge in [0.15, 0.2) is 5.78 Å². The first-order chi connectivity index (χ1) is 6.41. The Morgan fingerprint density at radius 2 is 2.14 bits per heavy atom. The average Bonchev–Trinajstić information content (AvgIpc) is 1.99.